The number of halogens is 1. The fourth-order valence-corrected chi connectivity index (χ4v) is 5.07. The van der Waals surface area contributed by atoms with Gasteiger partial charge in [-0.2, -0.15) is 0 Å². The van der Waals surface area contributed by atoms with Crippen LogP contribution in [-0.4, -0.2) is 48.2 Å². The van der Waals surface area contributed by atoms with Gasteiger partial charge in [0, 0.05) is 35.3 Å². The molecular weight excluding hydrogens is 362 g/mol. The van der Waals surface area contributed by atoms with Crippen molar-refractivity contribution < 1.29 is 19.4 Å². The molecule has 1 amide bonds. The van der Waals surface area contributed by atoms with Crippen molar-refractivity contribution in [1.82, 2.24) is 4.90 Å². The standard InChI is InChI=1S/C18H18ClNO4S/c19-13-1-2-15-14(6-13)11(9-25-15)5-16(21)20-7-12-8-24-4-3-18(12,10-20)17(22)23/h1-2,6,9,12H,3-5,7-8,10H2,(H,22,23)/t12-,18+/m0/s1. The zero-order valence-electron chi connectivity index (χ0n) is 13.5. The Morgan fingerprint density at radius 1 is 1.44 bits per heavy atom. The molecule has 0 unspecified atom stereocenters. The summed E-state index contributed by atoms with van der Waals surface area (Å²) in [5.41, 5.74) is 0.0940. The van der Waals surface area contributed by atoms with Crippen LogP contribution in [0.1, 0.15) is 12.0 Å². The largest absolute Gasteiger partial charge is 0.481 e. The molecule has 0 aliphatic carbocycles. The van der Waals surface area contributed by atoms with Gasteiger partial charge in [-0.15, -0.1) is 11.3 Å². The number of nitrogens with zero attached hydrogens (tertiary/aromatic N) is 1. The van der Waals surface area contributed by atoms with Gasteiger partial charge in [-0.25, -0.2) is 0 Å². The Morgan fingerprint density at radius 2 is 2.28 bits per heavy atom. The van der Waals surface area contributed by atoms with Crippen LogP contribution in [0, 0.1) is 11.3 Å². The number of carbonyl (C=O) groups is 2. The number of hydrogen-bond acceptors (Lipinski definition) is 4. The Bertz CT molecular complexity index is 851. The van der Waals surface area contributed by atoms with Crippen LogP contribution in [-0.2, 0) is 20.7 Å². The number of likely N-dealkylation sites (tertiary alicyclic amines) is 1. The summed E-state index contributed by atoms with van der Waals surface area (Å²) in [5, 5.41) is 13.4. The highest BCUT2D eigenvalue weighted by molar-refractivity contribution is 7.17. The molecule has 132 valence electrons. The molecule has 1 N–H and O–H groups in total. The van der Waals surface area contributed by atoms with Crippen LogP contribution in [0.25, 0.3) is 10.1 Å². The fourth-order valence-electron chi connectivity index (χ4n) is 3.96. The zero-order valence-corrected chi connectivity index (χ0v) is 15.1. The molecule has 0 saturated carbocycles. The molecule has 2 saturated heterocycles. The van der Waals surface area contributed by atoms with Gasteiger partial charge >= 0.3 is 5.97 Å². The first kappa shape index (κ1) is 16.8. The van der Waals surface area contributed by atoms with Gasteiger partial charge in [0.1, 0.15) is 0 Å². The first-order valence-electron chi connectivity index (χ1n) is 8.24. The molecule has 5 nitrogen and oxygen atoms in total. The molecule has 3 heterocycles. The lowest BCUT2D eigenvalue weighted by Crippen LogP contribution is -2.45. The molecule has 0 bridgehead atoms. The Kier molecular flexibility index (Phi) is 4.22. The van der Waals surface area contributed by atoms with E-state index < -0.39 is 11.4 Å². The van der Waals surface area contributed by atoms with E-state index >= 15 is 0 Å². The number of amides is 1. The van der Waals surface area contributed by atoms with Gasteiger partial charge in [-0.05, 0) is 40.9 Å². The third-order valence-electron chi connectivity index (χ3n) is 5.44. The maximum absolute atomic E-state index is 12.8. The van der Waals surface area contributed by atoms with Gasteiger partial charge in [-0.3, -0.25) is 9.59 Å². The summed E-state index contributed by atoms with van der Waals surface area (Å²) in [7, 11) is 0. The Morgan fingerprint density at radius 3 is 3.04 bits per heavy atom. The highest BCUT2D eigenvalue weighted by Crippen LogP contribution is 2.42. The van der Waals surface area contributed by atoms with Gasteiger partial charge in [0.05, 0.1) is 18.4 Å². The lowest BCUT2D eigenvalue weighted by molar-refractivity contribution is -0.157. The highest BCUT2D eigenvalue weighted by atomic mass is 35.5. The van der Waals surface area contributed by atoms with Crippen molar-refractivity contribution >= 4 is 44.9 Å². The molecule has 2 aliphatic heterocycles. The summed E-state index contributed by atoms with van der Waals surface area (Å²) >= 11 is 7.67. The summed E-state index contributed by atoms with van der Waals surface area (Å²) in [6.07, 6.45) is 0.734. The summed E-state index contributed by atoms with van der Waals surface area (Å²) in [4.78, 5) is 26.4. The SMILES string of the molecule is O=C(Cc1csc2ccc(Cl)cc12)N1C[C@H]2COCC[C@@]2(C(=O)O)C1. The second kappa shape index (κ2) is 6.27. The van der Waals surface area contributed by atoms with Gasteiger partial charge < -0.3 is 14.7 Å². The molecule has 7 heteroatoms. The Balaban J connectivity index is 1.55. The molecule has 25 heavy (non-hydrogen) atoms. The van der Waals surface area contributed by atoms with Crippen LogP contribution in [0.2, 0.25) is 5.02 Å². The van der Waals surface area contributed by atoms with E-state index in [1.165, 1.54) is 0 Å². The van der Waals surface area contributed by atoms with Crippen molar-refractivity contribution in [3.63, 3.8) is 0 Å². The summed E-state index contributed by atoms with van der Waals surface area (Å²) in [6.45, 7) is 1.58. The Hall–Kier alpha value is -1.63. The van der Waals surface area contributed by atoms with Gasteiger partial charge in [0.2, 0.25) is 5.91 Å². The molecule has 2 aliphatic rings. The number of fused-ring (bicyclic) bond motifs is 2. The Labute approximate surface area is 154 Å². The van der Waals surface area contributed by atoms with E-state index in [0.717, 1.165) is 15.6 Å². The van der Waals surface area contributed by atoms with E-state index in [0.29, 0.717) is 31.2 Å². The highest BCUT2D eigenvalue weighted by Gasteiger charge is 2.54. The molecule has 1 aromatic heterocycles. The number of carbonyl (C=O) groups excluding carboxylic acids is 1. The van der Waals surface area contributed by atoms with Gasteiger partial charge in [0.25, 0.3) is 0 Å². The van der Waals surface area contributed by atoms with Crippen LogP contribution in [0.4, 0.5) is 0 Å². The summed E-state index contributed by atoms with van der Waals surface area (Å²) < 4.78 is 6.54. The van der Waals surface area contributed by atoms with Crippen molar-refractivity contribution in [1.29, 1.82) is 0 Å². The monoisotopic (exact) mass is 379 g/mol. The van der Waals surface area contributed by atoms with Crippen molar-refractivity contribution in [2.75, 3.05) is 26.3 Å². The topological polar surface area (TPSA) is 66.8 Å². The average Bonchev–Trinajstić information content (AvgIpc) is 3.17. The van der Waals surface area contributed by atoms with E-state index in [2.05, 4.69) is 0 Å². The van der Waals surface area contributed by atoms with E-state index in [9.17, 15) is 14.7 Å². The van der Waals surface area contributed by atoms with Crippen LogP contribution in [0.5, 0.6) is 0 Å². The molecule has 1 aromatic carbocycles. The van der Waals surface area contributed by atoms with Crippen molar-refractivity contribution in [2.24, 2.45) is 11.3 Å². The van der Waals surface area contributed by atoms with Gasteiger partial charge in [-0.1, -0.05) is 11.6 Å². The number of carboxylic acid groups (broad SMARTS) is 1. The third kappa shape index (κ3) is 2.82. The lowest BCUT2D eigenvalue weighted by Gasteiger charge is -2.33. The number of thiophene rings is 1. The first-order chi connectivity index (χ1) is 12.0. The first-order valence-corrected chi connectivity index (χ1v) is 9.50. The minimum Gasteiger partial charge on any atom is -0.481 e. The quantitative estimate of drug-likeness (QED) is 0.890. The maximum Gasteiger partial charge on any atom is 0.311 e. The minimum atomic E-state index is -0.853. The minimum absolute atomic E-state index is 0.0327. The predicted molar refractivity (Wildman–Crippen MR) is 96.1 cm³/mol. The van der Waals surface area contributed by atoms with Crippen LogP contribution in [0.3, 0.4) is 0 Å². The van der Waals surface area contributed by atoms with Crippen molar-refractivity contribution in [3.05, 3.63) is 34.2 Å². The number of aliphatic carboxylic acids is 1. The zero-order chi connectivity index (χ0) is 17.6. The molecule has 2 aromatic rings. The van der Waals surface area contributed by atoms with E-state index in [1.54, 1.807) is 16.2 Å². The molecule has 4 rings (SSSR count). The lowest BCUT2D eigenvalue weighted by atomic mass is 9.74. The number of hydrogen-bond donors (Lipinski definition) is 1. The summed E-state index contributed by atoms with van der Waals surface area (Å²) in [5.74, 6) is -0.977. The molecule has 2 fully saturated rings. The fraction of sp³-hybridized carbons (Fsp3) is 0.444. The smallest absolute Gasteiger partial charge is 0.311 e. The number of benzene rings is 1. The number of carboxylic acids is 1. The third-order valence-corrected chi connectivity index (χ3v) is 6.69. The van der Waals surface area contributed by atoms with E-state index in [-0.39, 0.29) is 24.8 Å². The molecule has 2 atom stereocenters. The second-order valence-electron chi connectivity index (χ2n) is 6.84. The number of ether oxygens (including phenoxy) is 1. The normalized spacial score (nSPS) is 26.0. The predicted octanol–water partition coefficient (Wildman–Crippen LogP) is 3.05. The van der Waals surface area contributed by atoms with E-state index in [1.807, 2.05) is 23.6 Å². The number of rotatable bonds is 3. The van der Waals surface area contributed by atoms with Crippen LogP contribution < -0.4 is 0 Å². The molecular formula is C18H18ClNO4S. The van der Waals surface area contributed by atoms with Crippen molar-refractivity contribution in [2.45, 2.75) is 12.8 Å². The molecule has 0 radical (unpaired) electrons. The van der Waals surface area contributed by atoms with Crippen LogP contribution in [0.15, 0.2) is 23.6 Å². The maximum atomic E-state index is 12.8. The van der Waals surface area contributed by atoms with Crippen LogP contribution >= 0.6 is 22.9 Å². The molecule has 0 spiro atoms. The average molecular weight is 380 g/mol. The summed E-state index contributed by atoms with van der Waals surface area (Å²) in [6, 6.07) is 5.68. The second-order valence-corrected chi connectivity index (χ2v) is 8.18. The van der Waals surface area contributed by atoms with Gasteiger partial charge in [0.15, 0.2) is 0 Å². The van der Waals surface area contributed by atoms with Crippen molar-refractivity contribution in [3.8, 4) is 0 Å². The van der Waals surface area contributed by atoms with E-state index in [4.69, 9.17) is 16.3 Å².